The maximum absolute atomic E-state index is 13.0. The van der Waals surface area contributed by atoms with E-state index in [1.807, 2.05) is 13.8 Å². The maximum atomic E-state index is 13.0. The average molecular weight is 1060 g/mol. The Balaban J connectivity index is 0.00000102. The summed E-state index contributed by atoms with van der Waals surface area (Å²) in [5.41, 5.74) is 1.10. The zero-order valence-corrected chi connectivity index (χ0v) is 43.5. The molecular formula is C53H94BNO19. The molecular weight excluding hydrogens is 965 g/mol. The number of fused-ring (bicyclic) bond motifs is 1. The van der Waals surface area contributed by atoms with E-state index in [0.717, 1.165) is 44.5 Å². The van der Waals surface area contributed by atoms with Crippen LogP contribution in [0.3, 0.4) is 0 Å². The summed E-state index contributed by atoms with van der Waals surface area (Å²) in [5.74, 6) is -1.97. The number of carbonyl (C=O) groups excluding carboxylic acids is 4. The average Bonchev–Trinajstić information content (AvgIpc) is 4.11. The Labute approximate surface area is 442 Å². The number of esters is 3. The Hall–Kier alpha value is -3.77. The first kappa shape index (κ1) is 70.2. The van der Waals surface area contributed by atoms with Crippen molar-refractivity contribution in [2.45, 2.75) is 120 Å². The second-order valence-electron chi connectivity index (χ2n) is 19.0. The van der Waals surface area contributed by atoms with Gasteiger partial charge in [0, 0.05) is 98.4 Å². The van der Waals surface area contributed by atoms with Gasteiger partial charge in [0.25, 0.3) is 5.91 Å². The van der Waals surface area contributed by atoms with Crippen LogP contribution in [0.4, 0.5) is 0 Å². The Kier molecular flexibility index (Phi) is 35.2. The van der Waals surface area contributed by atoms with Crippen LogP contribution in [0.1, 0.15) is 122 Å². The first-order valence-electron chi connectivity index (χ1n) is 24.7. The molecule has 5 fully saturated rings. The molecule has 6 aliphatic heterocycles. The molecule has 0 saturated carbocycles. The van der Waals surface area contributed by atoms with E-state index in [4.69, 9.17) is 57.1 Å². The second kappa shape index (κ2) is 37.1. The van der Waals surface area contributed by atoms with Gasteiger partial charge in [0.15, 0.2) is 0 Å². The number of carboxylic acid groups (broad SMARTS) is 1. The quantitative estimate of drug-likeness (QED) is 0.114. The summed E-state index contributed by atoms with van der Waals surface area (Å²) in [6, 6.07) is 2.68. The summed E-state index contributed by atoms with van der Waals surface area (Å²) in [6.07, 6.45) is 8.17. The zero-order chi connectivity index (χ0) is 52.3. The number of nitrogens with one attached hydrogen (secondary N) is 1. The highest BCUT2D eigenvalue weighted by molar-refractivity contribution is 6.62. The smallest absolute Gasteiger partial charge is 0.481 e. The Morgan fingerprint density at radius 1 is 0.676 bits per heavy atom. The van der Waals surface area contributed by atoms with Gasteiger partial charge in [0.05, 0.1) is 64.0 Å². The van der Waals surface area contributed by atoms with Gasteiger partial charge in [-0.15, -0.1) is 0 Å². The van der Waals surface area contributed by atoms with Gasteiger partial charge in [-0.3, -0.25) is 19.2 Å². The zero-order valence-electron chi connectivity index (χ0n) is 43.5. The van der Waals surface area contributed by atoms with E-state index < -0.39 is 35.9 Å². The third kappa shape index (κ3) is 21.7. The van der Waals surface area contributed by atoms with Crippen molar-refractivity contribution < 1.29 is 90.9 Å². The highest BCUT2D eigenvalue weighted by Gasteiger charge is 2.42. The molecule has 0 spiro atoms. The van der Waals surface area contributed by atoms with E-state index >= 15 is 0 Å². The van der Waals surface area contributed by atoms with Crippen molar-refractivity contribution >= 4 is 42.4 Å². The summed E-state index contributed by atoms with van der Waals surface area (Å²) >= 11 is 0. The molecule has 7 rings (SSSR count). The number of hydrogen-bond acceptors (Lipinski definition) is 18. The molecule has 0 radical (unpaired) electrons. The molecule has 0 bridgehead atoms. The topological polar surface area (TPSA) is 249 Å². The van der Waals surface area contributed by atoms with Crippen LogP contribution >= 0.6 is 0 Å². The van der Waals surface area contributed by atoms with Crippen molar-refractivity contribution in [3.8, 4) is 0 Å². The highest BCUT2D eigenvalue weighted by atomic mass is 16.6. The molecule has 5 saturated heterocycles. The van der Waals surface area contributed by atoms with E-state index in [1.54, 1.807) is 33.3 Å². The fourth-order valence-corrected chi connectivity index (χ4v) is 8.95. The number of methoxy groups -OCH3 is 5. The predicted molar refractivity (Wildman–Crippen MR) is 279 cm³/mol. The standard InChI is InChI=1S/C22H32BNO7.C9H16O4.C8H14O4.C7H12O3.C4H8O.3CH4/c1-14(2)19(21(26)30-13-22(12-28-4)7-9-29-10-8-22)24-20(25)17-6-5-16-11-31-23(27)18(16)15(17)3;1-11-7-9(8(10)12-2)3-5-13-6-4-9;1-11-6-8(7(9)10)2-4-12-5-3-8;1-9-7(8)6-2-4-10-5-3-6;1-2-4-5-3-1;;;/h5-6,14,19,27H,7-13H2,1-4H3,(H,24,25);3-7H2,1-2H3;2-6H2,1H3,(H,9,10);6H,2-5H2,1H3;1-4H2;3*1H4/t19-;;;;;;;/m0......./s1. The minimum Gasteiger partial charge on any atom is -0.481 e. The second-order valence-corrected chi connectivity index (χ2v) is 19.0. The molecule has 0 aliphatic carbocycles. The lowest BCUT2D eigenvalue weighted by Gasteiger charge is -2.36. The summed E-state index contributed by atoms with van der Waals surface area (Å²) in [6.45, 7) is 14.1. The molecule has 0 unspecified atom stereocenters. The Morgan fingerprint density at radius 2 is 1.16 bits per heavy atom. The highest BCUT2D eigenvalue weighted by Crippen LogP contribution is 2.33. The molecule has 20 nitrogen and oxygen atoms in total. The van der Waals surface area contributed by atoms with Gasteiger partial charge in [-0.1, -0.05) is 42.2 Å². The molecule has 1 atom stereocenters. The van der Waals surface area contributed by atoms with Crippen LogP contribution in [0, 0.1) is 35.0 Å². The van der Waals surface area contributed by atoms with Crippen LogP contribution in [-0.4, -0.2) is 181 Å². The van der Waals surface area contributed by atoms with Crippen LogP contribution in [-0.2, 0) is 82.5 Å². The van der Waals surface area contributed by atoms with Crippen molar-refractivity contribution in [3.05, 3.63) is 28.8 Å². The normalized spacial score (nSPS) is 19.5. The molecule has 1 aromatic rings. The van der Waals surface area contributed by atoms with Gasteiger partial charge in [-0.2, -0.15) is 0 Å². The van der Waals surface area contributed by atoms with E-state index in [9.17, 15) is 29.0 Å². The van der Waals surface area contributed by atoms with Crippen LogP contribution in [0.15, 0.2) is 12.1 Å². The SMILES string of the molecule is C.C.C.C1CCOC1.COC(=O)C1CCOCC1.COCC1(C(=O)O)CCOCC1.COCC1(C(=O)OC)CCOCC1.COCC1(COC(=O)[C@@H](NC(=O)c2ccc3c(c2C)B(O)OC3)C(C)C)CCOCC1. The number of hydrogen-bond donors (Lipinski definition) is 3. The van der Waals surface area contributed by atoms with Gasteiger partial charge in [-0.25, -0.2) is 4.79 Å². The van der Waals surface area contributed by atoms with E-state index in [2.05, 4.69) is 10.1 Å². The summed E-state index contributed by atoms with van der Waals surface area (Å²) in [5, 5.41) is 21.8. The molecule has 0 aromatic heterocycles. The number of carboxylic acids is 1. The monoisotopic (exact) mass is 1060 g/mol. The van der Waals surface area contributed by atoms with Crippen molar-refractivity contribution in [1.29, 1.82) is 0 Å². The molecule has 1 aromatic carbocycles. The fraction of sp³-hybridized carbons (Fsp3) is 0.792. The van der Waals surface area contributed by atoms with Crippen LogP contribution < -0.4 is 10.8 Å². The van der Waals surface area contributed by atoms with Gasteiger partial charge in [-0.05, 0) is 99.7 Å². The third-order valence-corrected chi connectivity index (χ3v) is 13.6. The van der Waals surface area contributed by atoms with E-state index in [0.29, 0.717) is 115 Å². The lowest BCUT2D eigenvalue weighted by molar-refractivity contribution is -0.163. The molecule has 3 N–H and O–H groups in total. The number of rotatable bonds is 15. The molecule has 1 amide bonds. The number of benzene rings is 1. The molecule has 21 heteroatoms. The first-order chi connectivity index (χ1) is 34.1. The Bertz CT molecular complexity index is 1730. The lowest BCUT2D eigenvalue weighted by Crippen LogP contribution is -2.47. The van der Waals surface area contributed by atoms with Crippen LogP contribution in [0.2, 0.25) is 0 Å². The number of carbonyl (C=O) groups is 5. The largest absolute Gasteiger partial charge is 0.492 e. The van der Waals surface area contributed by atoms with Crippen LogP contribution in [0.5, 0.6) is 0 Å². The van der Waals surface area contributed by atoms with Crippen molar-refractivity contribution in [3.63, 3.8) is 0 Å². The fourth-order valence-electron chi connectivity index (χ4n) is 8.95. The molecule has 74 heavy (non-hydrogen) atoms. The van der Waals surface area contributed by atoms with Gasteiger partial charge < -0.3 is 72.2 Å². The minimum atomic E-state index is -1.04. The van der Waals surface area contributed by atoms with Crippen LogP contribution in [0.25, 0.3) is 0 Å². The Morgan fingerprint density at radius 3 is 1.62 bits per heavy atom. The predicted octanol–water partition coefficient (Wildman–Crippen LogP) is 5.36. The lowest BCUT2D eigenvalue weighted by atomic mass is 9.75. The van der Waals surface area contributed by atoms with E-state index in [-0.39, 0.29) is 70.6 Å². The molecule has 6 aliphatic rings. The minimum absolute atomic E-state index is 0. The molecule has 6 heterocycles. The third-order valence-electron chi connectivity index (χ3n) is 13.6. The first-order valence-corrected chi connectivity index (χ1v) is 24.7. The molecule has 428 valence electrons. The number of amides is 1. The maximum Gasteiger partial charge on any atom is 0.492 e. The summed E-state index contributed by atoms with van der Waals surface area (Å²) in [4.78, 5) is 59.2. The van der Waals surface area contributed by atoms with Crippen molar-refractivity contribution in [2.24, 2.45) is 28.1 Å². The van der Waals surface area contributed by atoms with E-state index in [1.165, 1.54) is 34.2 Å². The van der Waals surface area contributed by atoms with Gasteiger partial charge >= 0.3 is 31.0 Å². The van der Waals surface area contributed by atoms with Crippen molar-refractivity contribution in [1.82, 2.24) is 5.32 Å². The summed E-state index contributed by atoms with van der Waals surface area (Å²) < 4.78 is 61.4. The number of ether oxygens (including phenoxy) is 11. The van der Waals surface area contributed by atoms with Crippen molar-refractivity contribution in [2.75, 3.05) is 128 Å². The summed E-state index contributed by atoms with van der Waals surface area (Å²) in [7, 11) is 6.56. The van der Waals surface area contributed by atoms with Gasteiger partial charge in [0.2, 0.25) is 0 Å². The number of aliphatic carboxylic acids is 1. The van der Waals surface area contributed by atoms with Gasteiger partial charge in [0.1, 0.15) is 6.04 Å².